The van der Waals surface area contributed by atoms with Crippen molar-refractivity contribution in [1.29, 1.82) is 0 Å². The molecule has 18 heavy (non-hydrogen) atoms. The molecule has 0 saturated carbocycles. The molecule has 1 unspecified atom stereocenters. The van der Waals surface area contributed by atoms with Crippen LogP contribution in [0.3, 0.4) is 0 Å². The highest BCUT2D eigenvalue weighted by molar-refractivity contribution is 7.60. The summed E-state index contributed by atoms with van der Waals surface area (Å²) < 4.78 is 17.8. The summed E-state index contributed by atoms with van der Waals surface area (Å²) in [7, 11) is -3.59. The SMILES string of the molecule is [CH2-]P(=O)(O)C(CC)(CC)OC(/C=C\C)=C/C=C\C. The molecular formula is C14H24O3P-. The van der Waals surface area contributed by atoms with Gasteiger partial charge in [-0.1, -0.05) is 32.1 Å². The zero-order valence-electron chi connectivity index (χ0n) is 11.7. The topological polar surface area (TPSA) is 46.5 Å². The molecular weight excluding hydrogens is 247 g/mol. The number of rotatable bonds is 7. The van der Waals surface area contributed by atoms with Crippen LogP contribution in [0.1, 0.15) is 40.5 Å². The van der Waals surface area contributed by atoms with Gasteiger partial charge in [0, 0.05) is 0 Å². The average molecular weight is 271 g/mol. The fourth-order valence-corrected chi connectivity index (χ4v) is 2.89. The van der Waals surface area contributed by atoms with E-state index in [4.69, 9.17) is 4.74 Å². The predicted molar refractivity (Wildman–Crippen MR) is 77.3 cm³/mol. The Kier molecular flexibility index (Phi) is 7.27. The van der Waals surface area contributed by atoms with Gasteiger partial charge in [-0.15, -0.1) is 0 Å². The second-order valence-electron chi connectivity index (χ2n) is 4.05. The molecule has 0 heterocycles. The molecule has 1 atom stereocenters. The lowest BCUT2D eigenvalue weighted by Crippen LogP contribution is -2.29. The Hall–Kier alpha value is -0.790. The van der Waals surface area contributed by atoms with Gasteiger partial charge in [0.25, 0.3) is 0 Å². The van der Waals surface area contributed by atoms with Gasteiger partial charge in [-0.3, -0.25) is 0 Å². The normalized spacial score (nSPS) is 17.3. The fraction of sp³-hybridized carbons (Fsp3) is 0.500. The van der Waals surface area contributed by atoms with Crippen LogP contribution >= 0.6 is 7.37 Å². The Morgan fingerprint density at radius 3 is 2.22 bits per heavy atom. The summed E-state index contributed by atoms with van der Waals surface area (Å²) >= 11 is 0. The highest BCUT2D eigenvalue weighted by atomic mass is 31.2. The smallest absolute Gasteiger partial charge is 0.156 e. The monoisotopic (exact) mass is 271 g/mol. The third-order valence-corrected chi connectivity index (χ3v) is 4.83. The maximum Gasteiger partial charge on any atom is 0.156 e. The molecule has 0 amide bonds. The molecule has 3 nitrogen and oxygen atoms in total. The molecule has 0 aliphatic heterocycles. The van der Waals surface area contributed by atoms with E-state index < -0.39 is 12.7 Å². The van der Waals surface area contributed by atoms with Crippen LogP contribution in [0.2, 0.25) is 0 Å². The van der Waals surface area contributed by atoms with E-state index in [2.05, 4.69) is 6.66 Å². The second-order valence-corrected chi connectivity index (χ2v) is 6.27. The Morgan fingerprint density at radius 2 is 1.89 bits per heavy atom. The average Bonchev–Trinajstić information content (AvgIpc) is 2.31. The van der Waals surface area contributed by atoms with E-state index in [1.165, 1.54) is 0 Å². The summed E-state index contributed by atoms with van der Waals surface area (Å²) in [4.78, 5) is 9.82. The van der Waals surface area contributed by atoms with Crippen LogP contribution in [-0.2, 0) is 9.30 Å². The Morgan fingerprint density at radius 1 is 1.33 bits per heavy atom. The van der Waals surface area contributed by atoms with Gasteiger partial charge in [-0.05, 0) is 38.8 Å². The van der Waals surface area contributed by atoms with E-state index in [1.54, 1.807) is 12.2 Å². The van der Waals surface area contributed by atoms with Crippen molar-refractivity contribution in [3.8, 4) is 0 Å². The molecule has 0 fully saturated rings. The van der Waals surface area contributed by atoms with Crippen molar-refractivity contribution >= 4 is 7.37 Å². The molecule has 0 radical (unpaired) electrons. The van der Waals surface area contributed by atoms with Crippen molar-refractivity contribution in [1.82, 2.24) is 0 Å². The second kappa shape index (κ2) is 7.60. The van der Waals surface area contributed by atoms with Crippen LogP contribution < -0.4 is 0 Å². The molecule has 0 spiro atoms. The van der Waals surface area contributed by atoms with Crippen molar-refractivity contribution in [2.75, 3.05) is 0 Å². The van der Waals surface area contributed by atoms with E-state index in [-0.39, 0.29) is 0 Å². The quantitative estimate of drug-likeness (QED) is 0.318. The van der Waals surface area contributed by atoms with Gasteiger partial charge in [0.1, 0.15) is 13.1 Å². The molecule has 0 rings (SSSR count). The van der Waals surface area contributed by atoms with Crippen molar-refractivity contribution < 1.29 is 14.2 Å². The van der Waals surface area contributed by atoms with E-state index in [0.717, 1.165) is 0 Å². The summed E-state index contributed by atoms with van der Waals surface area (Å²) in [6.07, 6.45) is 9.95. The first-order chi connectivity index (χ1) is 8.36. The standard InChI is InChI=1S/C14H24O3P/c1-6-10-12-13(11-7-2)17-14(8-3,9-4)18(5,15)16/h6-7,10-12H,5,8-9H2,1-4H3,(H,15,16)/q-1/b10-6-,11-7-,13-12+. The van der Waals surface area contributed by atoms with Crippen LogP contribution in [0.15, 0.2) is 36.1 Å². The van der Waals surface area contributed by atoms with Crippen LogP contribution in [0, 0.1) is 6.66 Å². The zero-order valence-corrected chi connectivity index (χ0v) is 12.6. The fourth-order valence-electron chi connectivity index (χ4n) is 1.66. The largest absolute Gasteiger partial charge is 0.480 e. The van der Waals surface area contributed by atoms with Crippen molar-refractivity contribution in [2.45, 2.75) is 45.9 Å². The maximum atomic E-state index is 12.0. The molecule has 0 aromatic carbocycles. The summed E-state index contributed by atoms with van der Waals surface area (Å²) in [5.41, 5.74) is 0. The summed E-state index contributed by atoms with van der Waals surface area (Å²) in [6, 6.07) is 0. The van der Waals surface area contributed by atoms with Crippen molar-refractivity contribution in [2.24, 2.45) is 0 Å². The minimum atomic E-state index is -3.59. The minimum Gasteiger partial charge on any atom is -0.480 e. The lowest BCUT2D eigenvalue weighted by Gasteiger charge is -2.39. The molecule has 104 valence electrons. The van der Waals surface area contributed by atoms with Gasteiger partial charge < -0.3 is 14.2 Å². The molecule has 0 aromatic heterocycles. The number of hydrogen-bond donors (Lipinski definition) is 1. The maximum absolute atomic E-state index is 12.0. The first-order valence-electron chi connectivity index (χ1n) is 6.18. The summed E-state index contributed by atoms with van der Waals surface area (Å²) in [5.74, 6) is 0.567. The minimum absolute atomic E-state index is 0.436. The van der Waals surface area contributed by atoms with Gasteiger partial charge in [-0.25, -0.2) is 6.66 Å². The van der Waals surface area contributed by atoms with E-state index in [0.29, 0.717) is 18.6 Å². The third kappa shape index (κ3) is 4.47. The van der Waals surface area contributed by atoms with Crippen LogP contribution in [0.4, 0.5) is 0 Å². The molecule has 0 aliphatic carbocycles. The molecule has 0 aromatic rings. The van der Waals surface area contributed by atoms with Gasteiger partial charge in [0.2, 0.25) is 0 Å². The van der Waals surface area contributed by atoms with Gasteiger partial charge in [-0.2, -0.15) is 0 Å². The summed E-state index contributed by atoms with van der Waals surface area (Å²) in [5, 5.41) is -1.11. The lowest BCUT2D eigenvalue weighted by atomic mass is 10.2. The number of hydrogen-bond acceptors (Lipinski definition) is 2. The van der Waals surface area contributed by atoms with E-state index in [1.807, 2.05) is 45.9 Å². The molecule has 1 N–H and O–H groups in total. The summed E-state index contributed by atoms with van der Waals surface area (Å²) in [6.45, 7) is 10.8. The predicted octanol–water partition coefficient (Wildman–Crippen LogP) is 4.62. The molecule has 0 saturated heterocycles. The third-order valence-electron chi connectivity index (χ3n) is 2.83. The van der Waals surface area contributed by atoms with E-state index in [9.17, 15) is 9.46 Å². The van der Waals surface area contributed by atoms with Crippen LogP contribution in [0.25, 0.3) is 0 Å². The van der Waals surface area contributed by atoms with Gasteiger partial charge in [0.05, 0.1) is 0 Å². The van der Waals surface area contributed by atoms with Crippen LogP contribution in [-0.4, -0.2) is 10.2 Å². The molecule has 0 bridgehead atoms. The first-order valence-corrected chi connectivity index (χ1v) is 8.03. The highest BCUT2D eigenvalue weighted by Crippen LogP contribution is 2.58. The van der Waals surface area contributed by atoms with Crippen molar-refractivity contribution in [3.05, 3.63) is 42.8 Å². The zero-order chi connectivity index (χ0) is 14.2. The van der Waals surface area contributed by atoms with Gasteiger partial charge in [0.15, 0.2) is 5.34 Å². The van der Waals surface area contributed by atoms with Gasteiger partial charge >= 0.3 is 0 Å². The van der Waals surface area contributed by atoms with Crippen LogP contribution in [0.5, 0.6) is 0 Å². The highest BCUT2D eigenvalue weighted by Gasteiger charge is 2.38. The Labute approximate surface area is 111 Å². The number of allylic oxidation sites excluding steroid dienone is 5. The lowest BCUT2D eigenvalue weighted by molar-refractivity contribution is 0.0643. The Bertz CT molecular complexity index is 371. The molecule has 0 aliphatic rings. The molecule has 4 heteroatoms. The van der Waals surface area contributed by atoms with E-state index >= 15 is 0 Å². The van der Waals surface area contributed by atoms with Crippen molar-refractivity contribution in [3.63, 3.8) is 0 Å². The first kappa shape index (κ1) is 17.2. The number of ether oxygens (including phenoxy) is 1. The Balaban J connectivity index is 5.36.